The van der Waals surface area contributed by atoms with Crippen LogP contribution in [-0.2, 0) is 15.7 Å². The van der Waals surface area contributed by atoms with E-state index < -0.39 is 17.7 Å². The summed E-state index contributed by atoms with van der Waals surface area (Å²) in [5, 5.41) is 13.9. The van der Waals surface area contributed by atoms with E-state index in [1.54, 1.807) is 13.2 Å². The Bertz CT molecular complexity index is 966. The molecule has 166 valence electrons. The third-order valence-electron chi connectivity index (χ3n) is 3.78. The molecular weight excluding hydrogens is 435 g/mol. The number of hydrazine groups is 1. The Balaban J connectivity index is 2.25. The van der Waals surface area contributed by atoms with Gasteiger partial charge in [-0.3, -0.25) is 9.80 Å². The zero-order valence-electron chi connectivity index (χ0n) is 16.7. The van der Waals surface area contributed by atoms with Crippen molar-refractivity contribution in [1.82, 2.24) is 15.4 Å². The number of nitrogens with one attached hydrogen (secondary N) is 2. The maximum absolute atomic E-state index is 12.9. The van der Waals surface area contributed by atoms with Crippen LogP contribution in [0.4, 0.5) is 30.6 Å². The third-order valence-corrected chi connectivity index (χ3v) is 4.46. The van der Waals surface area contributed by atoms with Gasteiger partial charge in [0.2, 0.25) is 5.95 Å². The number of benzene rings is 1. The number of carbonyl (C=O) groups is 1. The zero-order valence-corrected chi connectivity index (χ0v) is 17.5. The Kier molecular flexibility index (Phi) is 8.29. The first kappa shape index (κ1) is 24.0. The highest BCUT2D eigenvalue weighted by molar-refractivity contribution is 7.98. The number of nitrogen functional groups attached to an aromatic ring is 1. The molecule has 0 fully saturated rings. The standard InChI is InChI=1S/C18H20F3N7O2S/c1-3-30-14(29)9-28(15-13(8-22)16(31-2)27-17(23)26-15)25-10-24-12-6-4-5-11(7-12)18(19,20)21/h4-7,24-25H,3,9-10H2,1-2H3,(H2,23,26,27). The second-order valence-electron chi connectivity index (χ2n) is 5.88. The van der Waals surface area contributed by atoms with Gasteiger partial charge in [-0.15, -0.1) is 11.8 Å². The molecule has 0 spiro atoms. The van der Waals surface area contributed by atoms with E-state index in [0.717, 1.165) is 12.1 Å². The molecule has 9 nitrogen and oxygen atoms in total. The number of rotatable bonds is 9. The molecule has 2 rings (SSSR count). The number of nitriles is 1. The van der Waals surface area contributed by atoms with Crippen LogP contribution in [0.1, 0.15) is 18.1 Å². The molecule has 0 aliphatic carbocycles. The minimum atomic E-state index is -4.48. The van der Waals surface area contributed by atoms with Gasteiger partial charge in [-0.2, -0.15) is 23.4 Å². The fraction of sp³-hybridized carbons (Fsp3) is 0.333. The summed E-state index contributed by atoms with van der Waals surface area (Å²) >= 11 is 1.17. The van der Waals surface area contributed by atoms with Gasteiger partial charge in [0.1, 0.15) is 23.2 Å². The van der Waals surface area contributed by atoms with Gasteiger partial charge < -0.3 is 15.8 Å². The molecule has 31 heavy (non-hydrogen) atoms. The summed E-state index contributed by atoms with van der Waals surface area (Å²) in [5.74, 6) is -0.682. The molecule has 0 aliphatic heterocycles. The number of carbonyl (C=O) groups excluding carboxylic acids is 1. The van der Waals surface area contributed by atoms with Gasteiger partial charge in [-0.1, -0.05) is 6.07 Å². The van der Waals surface area contributed by atoms with Gasteiger partial charge >= 0.3 is 12.1 Å². The highest BCUT2D eigenvalue weighted by Gasteiger charge is 2.30. The van der Waals surface area contributed by atoms with Crippen molar-refractivity contribution in [2.45, 2.75) is 18.1 Å². The fourth-order valence-electron chi connectivity index (χ4n) is 2.47. The largest absolute Gasteiger partial charge is 0.465 e. The van der Waals surface area contributed by atoms with Crippen LogP contribution in [0, 0.1) is 11.3 Å². The van der Waals surface area contributed by atoms with Crippen LogP contribution in [-0.4, -0.2) is 42.0 Å². The maximum Gasteiger partial charge on any atom is 0.416 e. The summed E-state index contributed by atoms with van der Waals surface area (Å²) in [7, 11) is 0. The van der Waals surface area contributed by atoms with E-state index in [0.29, 0.717) is 5.03 Å². The number of esters is 1. The number of anilines is 3. The van der Waals surface area contributed by atoms with Gasteiger partial charge in [0, 0.05) is 5.69 Å². The molecule has 13 heteroatoms. The van der Waals surface area contributed by atoms with Gasteiger partial charge in [0.15, 0.2) is 5.82 Å². The van der Waals surface area contributed by atoms with Crippen LogP contribution < -0.4 is 21.5 Å². The number of aromatic nitrogens is 2. The molecule has 0 atom stereocenters. The predicted molar refractivity (Wildman–Crippen MR) is 110 cm³/mol. The highest BCUT2D eigenvalue weighted by atomic mass is 32.2. The van der Waals surface area contributed by atoms with Crippen molar-refractivity contribution in [3.8, 4) is 6.07 Å². The first-order valence-corrected chi connectivity index (χ1v) is 10.1. The Morgan fingerprint density at radius 3 is 2.74 bits per heavy atom. The Labute approximate surface area is 180 Å². The van der Waals surface area contributed by atoms with Gasteiger partial charge in [-0.05, 0) is 31.4 Å². The number of nitrogens with two attached hydrogens (primary N) is 1. The summed E-state index contributed by atoms with van der Waals surface area (Å²) in [5.41, 5.74) is 8.02. The lowest BCUT2D eigenvalue weighted by Crippen LogP contribution is -2.45. The molecule has 1 aromatic carbocycles. The van der Waals surface area contributed by atoms with E-state index in [-0.39, 0.29) is 42.8 Å². The average Bonchev–Trinajstić information content (AvgIpc) is 2.72. The second-order valence-corrected chi connectivity index (χ2v) is 6.68. The first-order valence-electron chi connectivity index (χ1n) is 8.89. The van der Waals surface area contributed by atoms with Crippen LogP contribution in [0.3, 0.4) is 0 Å². The number of hydrogen-bond acceptors (Lipinski definition) is 10. The summed E-state index contributed by atoms with van der Waals surface area (Å²) < 4.78 is 43.6. The molecule has 0 unspecified atom stereocenters. The Morgan fingerprint density at radius 2 is 2.13 bits per heavy atom. The highest BCUT2D eigenvalue weighted by Crippen LogP contribution is 2.30. The summed E-state index contributed by atoms with van der Waals surface area (Å²) in [6.07, 6.45) is -2.78. The van der Waals surface area contributed by atoms with Crippen LogP contribution in [0.15, 0.2) is 29.3 Å². The van der Waals surface area contributed by atoms with Crippen LogP contribution in [0.2, 0.25) is 0 Å². The third kappa shape index (κ3) is 6.63. The van der Waals surface area contributed by atoms with Crippen molar-refractivity contribution in [3.05, 3.63) is 35.4 Å². The molecule has 1 aromatic heterocycles. The number of thioether (sulfide) groups is 1. The Morgan fingerprint density at radius 1 is 1.39 bits per heavy atom. The topological polar surface area (TPSA) is 129 Å². The number of alkyl halides is 3. The quantitative estimate of drug-likeness (QED) is 0.171. The molecule has 1 heterocycles. The van der Waals surface area contributed by atoms with Gasteiger partial charge in [0.05, 0.1) is 18.8 Å². The normalized spacial score (nSPS) is 11.0. The number of nitrogens with zero attached hydrogens (tertiary/aromatic N) is 4. The molecule has 0 amide bonds. The van der Waals surface area contributed by atoms with E-state index in [2.05, 4.69) is 20.7 Å². The minimum absolute atomic E-state index is 0.0400. The van der Waals surface area contributed by atoms with Crippen LogP contribution in [0.5, 0.6) is 0 Å². The van der Waals surface area contributed by atoms with Crippen molar-refractivity contribution < 1.29 is 22.7 Å². The van der Waals surface area contributed by atoms with Crippen LogP contribution in [0.25, 0.3) is 0 Å². The van der Waals surface area contributed by atoms with E-state index >= 15 is 0 Å². The smallest absolute Gasteiger partial charge is 0.416 e. The maximum atomic E-state index is 12.9. The van der Waals surface area contributed by atoms with Crippen molar-refractivity contribution in [2.24, 2.45) is 0 Å². The lowest BCUT2D eigenvalue weighted by molar-refractivity contribution is -0.141. The summed E-state index contributed by atoms with van der Waals surface area (Å²) in [6.45, 7) is 1.35. The van der Waals surface area contributed by atoms with Crippen molar-refractivity contribution >= 4 is 35.2 Å². The number of ether oxygens (including phenoxy) is 1. The van der Waals surface area contributed by atoms with E-state index in [1.807, 2.05) is 6.07 Å². The minimum Gasteiger partial charge on any atom is -0.465 e. The average molecular weight is 455 g/mol. The van der Waals surface area contributed by atoms with E-state index in [1.165, 1.54) is 28.9 Å². The molecule has 4 N–H and O–H groups in total. The molecule has 0 radical (unpaired) electrons. The zero-order chi connectivity index (χ0) is 23.0. The number of halogens is 3. The van der Waals surface area contributed by atoms with Crippen LogP contribution >= 0.6 is 11.8 Å². The van der Waals surface area contributed by atoms with Gasteiger partial charge in [0.25, 0.3) is 0 Å². The molecule has 0 bridgehead atoms. The SMILES string of the molecule is CCOC(=O)CN(NCNc1cccc(C(F)(F)F)c1)c1nc(N)nc(SC)c1C#N. The lowest BCUT2D eigenvalue weighted by atomic mass is 10.2. The Hall–Kier alpha value is -3.24. The number of hydrogen-bond donors (Lipinski definition) is 3. The summed E-state index contributed by atoms with van der Waals surface area (Å²) in [4.78, 5) is 20.1. The molecule has 0 aliphatic rings. The van der Waals surface area contributed by atoms with Crippen molar-refractivity contribution in [1.29, 1.82) is 5.26 Å². The monoisotopic (exact) mass is 455 g/mol. The fourth-order valence-corrected chi connectivity index (χ4v) is 3.00. The van der Waals surface area contributed by atoms with Gasteiger partial charge in [-0.25, -0.2) is 10.4 Å². The van der Waals surface area contributed by atoms with E-state index in [4.69, 9.17) is 10.5 Å². The first-order chi connectivity index (χ1) is 14.7. The molecular formula is C18H20F3N7O2S. The predicted octanol–water partition coefficient (Wildman–Crippen LogP) is 2.61. The van der Waals surface area contributed by atoms with Crippen molar-refractivity contribution in [2.75, 3.05) is 42.1 Å². The molecule has 0 saturated heterocycles. The van der Waals surface area contributed by atoms with E-state index in [9.17, 15) is 23.2 Å². The van der Waals surface area contributed by atoms with Crippen molar-refractivity contribution in [3.63, 3.8) is 0 Å². The summed E-state index contributed by atoms with van der Waals surface area (Å²) in [6, 6.07) is 6.62. The molecule has 2 aromatic rings. The lowest BCUT2D eigenvalue weighted by Gasteiger charge is -2.25. The second kappa shape index (κ2) is 10.7. The molecule has 0 saturated carbocycles.